The van der Waals surface area contributed by atoms with Crippen LogP contribution in [0.1, 0.15) is 31.9 Å². The monoisotopic (exact) mass is 293 g/mol. The number of aliphatic hydroxyl groups is 1. The zero-order chi connectivity index (χ0) is 15.6. The Morgan fingerprint density at radius 2 is 2.10 bits per heavy atom. The molecule has 0 aliphatic carbocycles. The Morgan fingerprint density at radius 1 is 1.38 bits per heavy atom. The van der Waals surface area contributed by atoms with Crippen LogP contribution >= 0.6 is 0 Å². The van der Waals surface area contributed by atoms with Gasteiger partial charge in [-0.25, -0.2) is 4.79 Å². The van der Waals surface area contributed by atoms with Crippen molar-refractivity contribution in [3.8, 4) is 5.75 Å². The SMILES string of the molecule is COc1ccc2c(c1)CN(C(=O)OC(C)(C)C)[C@H](CO)C2. The summed E-state index contributed by atoms with van der Waals surface area (Å²) in [5.41, 5.74) is 1.62. The summed E-state index contributed by atoms with van der Waals surface area (Å²) < 4.78 is 10.7. The zero-order valence-electron chi connectivity index (χ0n) is 13.0. The molecule has 0 aromatic heterocycles. The van der Waals surface area contributed by atoms with Crippen molar-refractivity contribution in [3.63, 3.8) is 0 Å². The maximum absolute atomic E-state index is 12.3. The van der Waals surface area contributed by atoms with Crippen LogP contribution in [0.25, 0.3) is 0 Å². The fraction of sp³-hybridized carbons (Fsp3) is 0.562. The van der Waals surface area contributed by atoms with Crippen LogP contribution in [0, 0.1) is 0 Å². The van der Waals surface area contributed by atoms with Crippen LogP contribution in [-0.2, 0) is 17.7 Å². The Balaban J connectivity index is 2.24. The Morgan fingerprint density at radius 3 is 2.67 bits per heavy atom. The lowest BCUT2D eigenvalue weighted by molar-refractivity contribution is 0.00459. The molecule has 1 N–H and O–H groups in total. The average Bonchev–Trinajstić information content (AvgIpc) is 2.43. The molecule has 0 radical (unpaired) electrons. The summed E-state index contributed by atoms with van der Waals surface area (Å²) in [6, 6.07) is 5.57. The molecule has 2 rings (SSSR count). The number of carbonyl (C=O) groups excluding carboxylic acids is 1. The van der Waals surface area contributed by atoms with Crippen LogP contribution < -0.4 is 4.74 Å². The van der Waals surface area contributed by atoms with E-state index in [1.807, 2.05) is 39.0 Å². The van der Waals surface area contributed by atoms with Crippen molar-refractivity contribution < 1.29 is 19.4 Å². The second-order valence-corrected chi connectivity index (χ2v) is 6.28. The third kappa shape index (κ3) is 3.67. The van der Waals surface area contributed by atoms with Gasteiger partial charge in [-0.1, -0.05) is 6.07 Å². The van der Waals surface area contributed by atoms with Crippen LogP contribution in [0.2, 0.25) is 0 Å². The van der Waals surface area contributed by atoms with Crippen LogP contribution in [0.5, 0.6) is 5.75 Å². The van der Waals surface area contributed by atoms with Crippen molar-refractivity contribution in [2.75, 3.05) is 13.7 Å². The van der Waals surface area contributed by atoms with Crippen LogP contribution in [0.4, 0.5) is 4.79 Å². The predicted molar refractivity (Wildman–Crippen MR) is 79.3 cm³/mol. The minimum absolute atomic E-state index is 0.0787. The fourth-order valence-electron chi connectivity index (χ4n) is 2.45. The zero-order valence-corrected chi connectivity index (χ0v) is 13.0. The quantitative estimate of drug-likeness (QED) is 0.909. The molecule has 1 aliphatic rings. The summed E-state index contributed by atoms with van der Waals surface area (Å²) in [6.45, 7) is 5.84. The molecule has 0 saturated heterocycles. The van der Waals surface area contributed by atoms with Gasteiger partial charge in [-0.3, -0.25) is 4.90 Å². The van der Waals surface area contributed by atoms with Gasteiger partial charge in [-0.15, -0.1) is 0 Å². The van der Waals surface area contributed by atoms with Crippen LogP contribution in [0.15, 0.2) is 18.2 Å². The van der Waals surface area contributed by atoms with Crippen molar-refractivity contribution >= 4 is 6.09 Å². The molecule has 116 valence electrons. The third-order valence-electron chi connectivity index (χ3n) is 3.49. The Bertz CT molecular complexity index is 521. The van der Waals surface area contributed by atoms with Gasteiger partial charge in [0.25, 0.3) is 0 Å². The first-order chi connectivity index (χ1) is 9.84. The van der Waals surface area contributed by atoms with Crippen LogP contribution in [-0.4, -0.2) is 41.5 Å². The van der Waals surface area contributed by atoms with Gasteiger partial charge in [0.05, 0.1) is 19.8 Å². The molecule has 5 nitrogen and oxygen atoms in total. The topological polar surface area (TPSA) is 59.0 Å². The first-order valence-corrected chi connectivity index (χ1v) is 7.10. The van der Waals surface area contributed by atoms with Gasteiger partial charge in [0, 0.05) is 6.54 Å². The van der Waals surface area contributed by atoms with Gasteiger partial charge < -0.3 is 14.6 Å². The molecule has 0 spiro atoms. The number of nitrogens with zero attached hydrogens (tertiary/aromatic N) is 1. The van der Waals surface area contributed by atoms with Gasteiger partial charge in [0.1, 0.15) is 11.4 Å². The van der Waals surface area contributed by atoms with E-state index in [9.17, 15) is 9.90 Å². The summed E-state index contributed by atoms with van der Waals surface area (Å²) in [7, 11) is 1.62. The maximum Gasteiger partial charge on any atom is 0.410 e. The van der Waals surface area contributed by atoms with E-state index in [1.165, 1.54) is 0 Å². The van der Waals surface area contributed by atoms with E-state index in [4.69, 9.17) is 9.47 Å². The second-order valence-electron chi connectivity index (χ2n) is 6.28. The van der Waals surface area contributed by atoms with Gasteiger partial charge in [-0.2, -0.15) is 0 Å². The Labute approximate surface area is 125 Å². The molecule has 0 unspecified atom stereocenters. The number of carbonyl (C=O) groups is 1. The second kappa shape index (κ2) is 5.93. The number of rotatable bonds is 2. The summed E-state index contributed by atoms with van der Waals surface area (Å²) in [5.74, 6) is 0.764. The number of methoxy groups -OCH3 is 1. The molecule has 1 aromatic rings. The lowest BCUT2D eigenvalue weighted by Crippen LogP contribution is -2.48. The number of hydrogen-bond donors (Lipinski definition) is 1. The van der Waals surface area contributed by atoms with Gasteiger partial charge in [0.2, 0.25) is 0 Å². The number of amides is 1. The van der Waals surface area contributed by atoms with Crippen molar-refractivity contribution in [3.05, 3.63) is 29.3 Å². The minimum atomic E-state index is -0.550. The van der Waals surface area contributed by atoms with Gasteiger partial charge in [-0.05, 0) is 50.5 Å². The first-order valence-electron chi connectivity index (χ1n) is 7.10. The smallest absolute Gasteiger partial charge is 0.410 e. The van der Waals surface area contributed by atoms with E-state index in [1.54, 1.807) is 12.0 Å². The highest BCUT2D eigenvalue weighted by Crippen LogP contribution is 2.28. The molecule has 5 heteroatoms. The fourth-order valence-corrected chi connectivity index (χ4v) is 2.45. The van der Waals surface area contributed by atoms with Crippen molar-refractivity contribution in [2.24, 2.45) is 0 Å². The van der Waals surface area contributed by atoms with Crippen molar-refractivity contribution in [2.45, 2.75) is 45.4 Å². The number of benzene rings is 1. The van der Waals surface area contributed by atoms with E-state index in [2.05, 4.69) is 0 Å². The van der Waals surface area contributed by atoms with Crippen molar-refractivity contribution in [1.82, 2.24) is 4.90 Å². The first kappa shape index (κ1) is 15.6. The molecule has 1 atom stereocenters. The lowest BCUT2D eigenvalue weighted by atomic mass is 9.94. The molecule has 0 fully saturated rings. The lowest BCUT2D eigenvalue weighted by Gasteiger charge is -2.37. The molecule has 1 aromatic carbocycles. The molecule has 0 bridgehead atoms. The summed E-state index contributed by atoms with van der Waals surface area (Å²) in [4.78, 5) is 13.9. The number of aliphatic hydroxyl groups excluding tert-OH is 1. The standard InChI is InChI=1S/C16H23NO4/c1-16(2,3)21-15(19)17-9-12-8-14(20-4)6-5-11(12)7-13(17)10-18/h5-6,8,13,18H,7,9-10H2,1-4H3/t13-/m0/s1. The average molecular weight is 293 g/mol. The largest absolute Gasteiger partial charge is 0.497 e. The van der Waals surface area contributed by atoms with E-state index in [-0.39, 0.29) is 12.6 Å². The number of fused-ring (bicyclic) bond motifs is 1. The van der Waals surface area contributed by atoms with Gasteiger partial charge in [0.15, 0.2) is 0 Å². The van der Waals surface area contributed by atoms with E-state index in [0.29, 0.717) is 13.0 Å². The molecule has 1 heterocycles. The maximum atomic E-state index is 12.3. The van der Waals surface area contributed by atoms with Crippen molar-refractivity contribution in [1.29, 1.82) is 0 Å². The molecule has 1 amide bonds. The Hall–Kier alpha value is -1.75. The molecule has 0 saturated carbocycles. The van der Waals surface area contributed by atoms with E-state index < -0.39 is 11.7 Å². The summed E-state index contributed by atoms with van der Waals surface area (Å²) in [6.07, 6.45) is 0.227. The van der Waals surface area contributed by atoms with Gasteiger partial charge >= 0.3 is 6.09 Å². The Kier molecular flexibility index (Phi) is 4.42. The molecule has 1 aliphatic heterocycles. The minimum Gasteiger partial charge on any atom is -0.497 e. The number of ether oxygens (including phenoxy) is 2. The molecular weight excluding hydrogens is 270 g/mol. The normalized spacial score (nSPS) is 18.1. The van der Waals surface area contributed by atoms with E-state index in [0.717, 1.165) is 16.9 Å². The van der Waals surface area contributed by atoms with E-state index >= 15 is 0 Å². The molecular formula is C16H23NO4. The number of hydrogen-bond acceptors (Lipinski definition) is 4. The highest BCUT2D eigenvalue weighted by molar-refractivity contribution is 5.69. The summed E-state index contributed by atoms with van der Waals surface area (Å²) in [5, 5.41) is 9.56. The molecule has 21 heavy (non-hydrogen) atoms. The third-order valence-corrected chi connectivity index (χ3v) is 3.49. The highest BCUT2D eigenvalue weighted by Gasteiger charge is 2.32. The van der Waals surface area contributed by atoms with Crippen LogP contribution in [0.3, 0.4) is 0 Å². The highest BCUT2D eigenvalue weighted by atomic mass is 16.6. The predicted octanol–water partition coefficient (Wildman–Crippen LogP) is 2.35. The summed E-state index contributed by atoms with van der Waals surface area (Å²) >= 11 is 0.